The highest BCUT2D eigenvalue weighted by Crippen LogP contribution is 2.20. The Labute approximate surface area is 131 Å². The van der Waals surface area contributed by atoms with Gasteiger partial charge in [-0.1, -0.05) is 22.0 Å². The number of aryl methyl sites for hydroxylation is 1. The van der Waals surface area contributed by atoms with Crippen molar-refractivity contribution >= 4 is 39.5 Å². The number of anilines is 1. The maximum absolute atomic E-state index is 11.9. The monoisotopic (exact) mass is 353 g/mol. The Morgan fingerprint density at radius 1 is 1.43 bits per heavy atom. The molecule has 0 bridgehead atoms. The number of rotatable bonds is 5. The van der Waals surface area contributed by atoms with Crippen molar-refractivity contribution in [1.82, 2.24) is 10.2 Å². The Balaban J connectivity index is 1.81. The summed E-state index contributed by atoms with van der Waals surface area (Å²) in [5, 5.41) is 5.27. The first-order valence-corrected chi connectivity index (χ1v) is 7.41. The average molecular weight is 354 g/mol. The molecule has 7 heteroatoms. The molecule has 21 heavy (non-hydrogen) atoms. The summed E-state index contributed by atoms with van der Waals surface area (Å²) in [6, 6.07) is 5.27. The highest BCUT2D eigenvalue weighted by Gasteiger charge is 2.27. The van der Waals surface area contributed by atoms with Crippen LogP contribution in [0.4, 0.5) is 10.5 Å². The van der Waals surface area contributed by atoms with E-state index >= 15 is 0 Å². The smallest absolute Gasteiger partial charge is 0.324 e. The van der Waals surface area contributed by atoms with Crippen LogP contribution in [0.1, 0.15) is 18.4 Å². The van der Waals surface area contributed by atoms with Crippen molar-refractivity contribution in [2.24, 2.45) is 0 Å². The SMILES string of the molecule is Cc1ccc(Br)cc1NC(=O)CCCN1C(=O)CNC1=O. The lowest BCUT2D eigenvalue weighted by atomic mass is 10.2. The number of carbonyl (C=O) groups excluding carboxylic acids is 3. The van der Waals surface area contributed by atoms with Crippen molar-refractivity contribution in [1.29, 1.82) is 0 Å². The number of halogens is 1. The molecule has 0 saturated carbocycles. The molecule has 2 N–H and O–H groups in total. The molecule has 0 radical (unpaired) electrons. The van der Waals surface area contributed by atoms with E-state index in [1.165, 1.54) is 0 Å². The third-order valence-corrected chi connectivity index (χ3v) is 3.69. The van der Waals surface area contributed by atoms with Gasteiger partial charge in [-0.05, 0) is 31.0 Å². The maximum atomic E-state index is 11.9. The van der Waals surface area contributed by atoms with Gasteiger partial charge < -0.3 is 10.6 Å². The number of nitrogens with zero attached hydrogens (tertiary/aromatic N) is 1. The first-order valence-electron chi connectivity index (χ1n) is 6.61. The van der Waals surface area contributed by atoms with E-state index in [9.17, 15) is 14.4 Å². The second-order valence-electron chi connectivity index (χ2n) is 4.82. The Morgan fingerprint density at radius 3 is 2.86 bits per heavy atom. The second kappa shape index (κ2) is 6.71. The molecule has 1 aliphatic rings. The third-order valence-electron chi connectivity index (χ3n) is 3.20. The van der Waals surface area contributed by atoms with Gasteiger partial charge in [0.15, 0.2) is 0 Å². The number of hydrogen-bond donors (Lipinski definition) is 2. The van der Waals surface area contributed by atoms with Crippen molar-refractivity contribution in [2.45, 2.75) is 19.8 Å². The first kappa shape index (κ1) is 15.5. The number of nitrogens with one attached hydrogen (secondary N) is 2. The summed E-state index contributed by atoms with van der Waals surface area (Å²) >= 11 is 3.36. The van der Waals surface area contributed by atoms with Crippen LogP contribution in [0.25, 0.3) is 0 Å². The van der Waals surface area contributed by atoms with E-state index < -0.39 is 0 Å². The Kier molecular flexibility index (Phi) is 4.95. The van der Waals surface area contributed by atoms with Crippen LogP contribution in [0.2, 0.25) is 0 Å². The molecule has 0 atom stereocenters. The average Bonchev–Trinajstić information content (AvgIpc) is 2.74. The molecule has 4 amide bonds. The van der Waals surface area contributed by atoms with Gasteiger partial charge in [0, 0.05) is 23.1 Å². The zero-order valence-electron chi connectivity index (χ0n) is 11.6. The van der Waals surface area contributed by atoms with E-state index in [4.69, 9.17) is 0 Å². The summed E-state index contributed by atoms with van der Waals surface area (Å²) in [4.78, 5) is 35.7. The van der Waals surface area contributed by atoms with Gasteiger partial charge >= 0.3 is 6.03 Å². The summed E-state index contributed by atoms with van der Waals surface area (Å²) in [5.74, 6) is -0.383. The normalized spacial score (nSPS) is 14.3. The number of benzene rings is 1. The van der Waals surface area contributed by atoms with Crippen LogP contribution in [-0.4, -0.2) is 35.8 Å². The molecular weight excluding hydrogens is 338 g/mol. The Morgan fingerprint density at radius 2 is 2.19 bits per heavy atom. The van der Waals surface area contributed by atoms with Crippen LogP contribution in [0.5, 0.6) is 0 Å². The van der Waals surface area contributed by atoms with Gasteiger partial charge in [-0.3, -0.25) is 14.5 Å². The lowest BCUT2D eigenvalue weighted by Crippen LogP contribution is -2.32. The van der Waals surface area contributed by atoms with Gasteiger partial charge in [-0.25, -0.2) is 4.79 Å². The molecule has 1 saturated heterocycles. The van der Waals surface area contributed by atoms with Crippen molar-refractivity contribution < 1.29 is 14.4 Å². The lowest BCUT2D eigenvalue weighted by Gasteiger charge is -2.12. The van der Waals surface area contributed by atoms with E-state index in [0.717, 1.165) is 20.6 Å². The molecule has 1 aromatic rings. The second-order valence-corrected chi connectivity index (χ2v) is 5.73. The van der Waals surface area contributed by atoms with Gasteiger partial charge in [-0.2, -0.15) is 0 Å². The van der Waals surface area contributed by atoms with Crippen molar-refractivity contribution in [3.05, 3.63) is 28.2 Å². The van der Waals surface area contributed by atoms with E-state index in [1.54, 1.807) is 0 Å². The van der Waals surface area contributed by atoms with Crippen LogP contribution in [0, 0.1) is 6.92 Å². The summed E-state index contributed by atoms with van der Waals surface area (Å²) in [5.41, 5.74) is 1.73. The summed E-state index contributed by atoms with van der Waals surface area (Å²) in [6.45, 7) is 2.22. The highest BCUT2D eigenvalue weighted by atomic mass is 79.9. The van der Waals surface area contributed by atoms with E-state index in [0.29, 0.717) is 6.42 Å². The number of hydrogen-bond acceptors (Lipinski definition) is 3. The first-order chi connectivity index (χ1) is 9.97. The van der Waals surface area contributed by atoms with Crippen LogP contribution in [-0.2, 0) is 9.59 Å². The molecule has 0 unspecified atom stereocenters. The third kappa shape index (κ3) is 4.04. The minimum Gasteiger partial charge on any atom is -0.329 e. The number of amides is 4. The zero-order chi connectivity index (χ0) is 15.4. The van der Waals surface area contributed by atoms with Crippen LogP contribution < -0.4 is 10.6 Å². The van der Waals surface area contributed by atoms with Crippen LogP contribution in [0.15, 0.2) is 22.7 Å². The topological polar surface area (TPSA) is 78.5 Å². The van der Waals surface area contributed by atoms with Gasteiger partial charge in [0.2, 0.25) is 11.8 Å². The molecule has 1 aliphatic heterocycles. The summed E-state index contributed by atoms with van der Waals surface area (Å²) < 4.78 is 0.891. The fourth-order valence-electron chi connectivity index (χ4n) is 2.02. The van der Waals surface area contributed by atoms with Crippen molar-refractivity contribution in [2.75, 3.05) is 18.4 Å². The highest BCUT2D eigenvalue weighted by molar-refractivity contribution is 9.10. The molecule has 1 aromatic carbocycles. The number of imide groups is 1. The Bertz CT molecular complexity index is 573. The molecular formula is C14H16BrN3O3. The van der Waals surface area contributed by atoms with Crippen molar-refractivity contribution in [3.8, 4) is 0 Å². The maximum Gasteiger partial charge on any atom is 0.324 e. The minimum atomic E-state index is -0.386. The minimum absolute atomic E-state index is 0.0439. The molecule has 2 rings (SSSR count). The lowest BCUT2D eigenvalue weighted by molar-refractivity contribution is -0.125. The summed E-state index contributed by atoms with van der Waals surface area (Å²) in [6.07, 6.45) is 0.695. The predicted molar refractivity (Wildman–Crippen MR) is 81.9 cm³/mol. The molecule has 112 valence electrons. The van der Waals surface area contributed by atoms with E-state index in [2.05, 4.69) is 26.6 Å². The van der Waals surface area contributed by atoms with Crippen LogP contribution in [0.3, 0.4) is 0 Å². The molecule has 1 fully saturated rings. The largest absolute Gasteiger partial charge is 0.329 e. The van der Waals surface area contributed by atoms with Crippen molar-refractivity contribution in [3.63, 3.8) is 0 Å². The molecule has 6 nitrogen and oxygen atoms in total. The van der Waals surface area contributed by atoms with E-state index in [1.807, 2.05) is 25.1 Å². The molecule has 0 aromatic heterocycles. The predicted octanol–water partition coefficient (Wildman–Crippen LogP) is 2.03. The molecule has 0 spiro atoms. The number of urea groups is 1. The molecule has 0 aliphatic carbocycles. The fourth-order valence-corrected chi connectivity index (χ4v) is 2.38. The quantitative estimate of drug-likeness (QED) is 0.795. The number of carbonyl (C=O) groups is 3. The zero-order valence-corrected chi connectivity index (χ0v) is 13.2. The van der Waals surface area contributed by atoms with Gasteiger partial charge in [-0.15, -0.1) is 0 Å². The Hall–Kier alpha value is -1.89. The summed E-state index contributed by atoms with van der Waals surface area (Å²) in [7, 11) is 0. The van der Waals surface area contributed by atoms with Gasteiger partial charge in [0.1, 0.15) is 0 Å². The van der Waals surface area contributed by atoms with Gasteiger partial charge in [0.25, 0.3) is 0 Å². The van der Waals surface area contributed by atoms with E-state index in [-0.39, 0.29) is 37.4 Å². The standard InChI is InChI=1S/C14H16BrN3O3/c1-9-4-5-10(15)7-11(9)17-12(19)3-2-6-18-13(20)8-16-14(18)21/h4-5,7H,2-3,6,8H2,1H3,(H,16,21)(H,17,19). The van der Waals surface area contributed by atoms with Crippen LogP contribution >= 0.6 is 15.9 Å². The fraction of sp³-hybridized carbons (Fsp3) is 0.357. The van der Waals surface area contributed by atoms with Gasteiger partial charge in [0.05, 0.1) is 6.54 Å². The molecule has 1 heterocycles.